The molecule has 4 rings (SSSR count). The number of hydrogen-bond donors (Lipinski definition) is 0. The molecule has 2 heterocycles. The Kier molecular flexibility index (Phi) is 5.27. The third kappa shape index (κ3) is 3.78. The van der Waals surface area contributed by atoms with E-state index in [1.807, 2.05) is 48.0 Å². The van der Waals surface area contributed by atoms with Crippen LogP contribution in [0.2, 0.25) is 10.0 Å². The Morgan fingerprint density at radius 1 is 1.15 bits per heavy atom. The summed E-state index contributed by atoms with van der Waals surface area (Å²) < 4.78 is 4.61. The molecule has 0 amide bonds. The molecule has 0 aliphatic carbocycles. The number of benzene rings is 2. The molecule has 0 unspecified atom stereocenters. The fourth-order valence-electron chi connectivity index (χ4n) is 2.69. The summed E-state index contributed by atoms with van der Waals surface area (Å²) in [6, 6.07) is 13.2. The fraction of sp³-hybridized carbons (Fsp3) is 0.167. The molecule has 138 valence electrons. The maximum atomic E-state index is 12.3. The van der Waals surface area contributed by atoms with Crippen molar-refractivity contribution in [1.82, 2.24) is 19.3 Å². The Morgan fingerprint density at radius 3 is 2.78 bits per heavy atom. The Balaban J connectivity index is 1.55. The Morgan fingerprint density at radius 2 is 1.96 bits per heavy atom. The van der Waals surface area contributed by atoms with Crippen molar-refractivity contribution in [2.45, 2.75) is 17.5 Å². The van der Waals surface area contributed by atoms with Gasteiger partial charge in [0.1, 0.15) is 0 Å². The lowest BCUT2D eigenvalue weighted by atomic mass is 10.2. The van der Waals surface area contributed by atoms with E-state index >= 15 is 0 Å². The summed E-state index contributed by atoms with van der Waals surface area (Å²) in [5.41, 5.74) is 1.90. The number of aromatic nitrogens is 4. The van der Waals surface area contributed by atoms with Gasteiger partial charge in [-0.3, -0.25) is 9.36 Å². The molecule has 4 aromatic rings. The molecule has 0 saturated heterocycles. The molecular weight excluding hydrogens is 423 g/mol. The predicted octanol–water partition coefficient (Wildman–Crippen LogP) is 4.84. The van der Waals surface area contributed by atoms with E-state index in [2.05, 4.69) is 10.2 Å². The van der Waals surface area contributed by atoms with Crippen LogP contribution in [0.4, 0.5) is 0 Å². The van der Waals surface area contributed by atoms with Gasteiger partial charge in [0.2, 0.25) is 0 Å². The molecule has 2 aromatic carbocycles. The number of para-hydroxylation sites is 1. The molecule has 9 heteroatoms. The molecule has 0 bridgehead atoms. The second-order valence-corrected chi connectivity index (χ2v) is 8.68. The molecule has 0 N–H and O–H groups in total. The zero-order valence-electron chi connectivity index (χ0n) is 14.2. The molecule has 0 atom stereocenters. The summed E-state index contributed by atoms with van der Waals surface area (Å²) in [5, 5.41) is 10.5. The first-order valence-electron chi connectivity index (χ1n) is 8.06. The van der Waals surface area contributed by atoms with Gasteiger partial charge in [-0.15, -0.1) is 10.2 Å². The highest BCUT2D eigenvalue weighted by Crippen LogP contribution is 2.28. The van der Waals surface area contributed by atoms with Crippen LogP contribution in [0.3, 0.4) is 0 Å². The molecule has 0 radical (unpaired) electrons. The molecule has 0 aliphatic heterocycles. The van der Waals surface area contributed by atoms with Gasteiger partial charge in [-0.05, 0) is 29.8 Å². The minimum absolute atomic E-state index is 0.00125. The van der Waals surface area contributed by atoms with Crippen LogP contribution in [0.1, 0.15) is 11.4 Å². The minimum atomic E-state index is 0.00125. The lowest BCUT2D eigenvalue weighted by Crippen LogP contribution is -2.16. The van der Waals surface area contributed by atoms with Crippen molar-refractivity contribution in [2.75, 3.05) is 0 Å². The highest BCUT2D eigenvalue weighted by molar-refractivity contribution is 7.98. The van der Waals surface area contributed by atoms with Crippen molar-refractivity contribution >= 4 is 56.5 Å². The molecule has 0 fully saturated rings. The van der Waals surface area contributed by atoms with Crippen LogP contribution in [0.5, 0.6) is 0 Å². The smallest absolute Gasteiger partial charge is 0.308 e. The quantitative estimate of drug-likeness (QED) is 0.420. The molecular formula is C18H14Cl2N4OS2. The second-order valence-electron chi connectivity index (χ2n) is 5.90. The molecule has 5 nitrogen and oxygen atoms in total. The van der Waals surface area contributed by atoms with Gasteiger partial charge in [-0.1, -0.05) is 64.5 Å². The van der Waals surface area contributed by atoms with Crippen LogP contribution in [-0.2, 0) is 19.3 Å². The van der Waals surface area contributed by atoms with Gasteiger partial charge in [0.25, 0.3) is 0 Å². The standard InChI is InChI=1S/C18H14Cl2N4OS2/c1-23-16(9-24-14-4-2-3-5-15(14)27-18(24)25)21-22-17(23)26-10-11-6-7-12(19)8-13(11)20/h2-8H,9-10H2,1H3. The number of hydrogen-bond acceptors (Lipinski definition) is 5. The Hall–Kier alpha value is -1.80. The van der Waals surface area contributed by atoms with Gasteiger partial charge in [0.05, 0.1) is 16.8 Å². The lowest BCUT2D eigenvalue weighted by Gasteiger charge is -2.06. The molecule has 27 heavy (non-hydrogen) atoms. The van der Waals surface area contributed by atoms with E-state index in [1.165, 1.54) is 23.1 Å². The predicted molar refractivity (Wildman–Crippen MR) is 112 cm³/mol. The van der Waals surface area contributed by atoms with Crippen LogP contribution >= 0.6 is 46.3 Å². The summed E-state index contributed by atoms with van der Waals surface area (Å²) in [5.74, 6) is 1.38. The van der Waals surface area contributed by atoms with Crippen molar-refractivity contribution < 1.29 is 0 Å². The van der Waals surface area contributed by atoms with E-state index < -0.39 is 0 Å². The van der Waals surface area contributed by atoms with E-state index in [0.717, 1.165) is 26.8 Å². The van der Waals surface area contributed by atoms with Gasteiger partial charge >= 0.3 is 4.87 Å². The van der Waals surface area contributed by atoms with Crippen LogP contribution in [0.25, 0.3) is 10.2 Å². The monoisotopic (exact) mass is 436 g/mol. The Labute approximate surface area is 173 Å². The number of rotatable bonds is 5. The highest BCUT2D eigenvalue weighted by atomic mass is 35.5. The zero-order valence-corrected chi connectivity index (χ0v) is 17.4. The van der Waals surface area contributed by atoms with Crippen LogP contribution in [-0.4, -0.2) is 19.3 Å². The van der Waals surface area contributed by atoms with Gasteiger partial charge in [-0.2, -0.15) is 0 Å². The highest BCUT2D eigenvalue weighted by Gasteiger charge is 2.14. The van der Waals surface area contributed by atoms with E-state index in [9.17, 15) is 4.79 Å². The lowest BCUT2D eigenvalue weighted by molar-refractivity contribution is 0.681. The fourth-order valence-corrected chi connectivity index (χ4v) is 5.07. The van der Waals surface area contributed by atoms with Crippen LogP contribution < -0.4 is 4.87 Å². The molecule has 0 spiro atoms. The average Bonchev–Trinajstić information content (AvgIpc) is 3.15. The third-order valence-electron chi connectivity index (χ3n) is 4.17. The van der Waals surface area contributed by atoms with E-state index in [0.29, 0.717) is 22.3 Å². The number of nitrogens with zero attached hydrogens (tertiary/aromatic N) is 4. The maximum absolute atomic E-state index is 12.3. The SMILES string of the molecule is Cn1c(Cn2c(=O)sc3ccccc32)nnc1SCc1ccc(Cl)cc1Cl. The van der Waals surface area contributed by atoms with Crippen molar-refractivity contribution in [2.24, 2.45) is 7.05 Å². The topological polar surface area (TPSA) is 52.7 Å². The van der Waals surface area contributed by atoms with Gasteiger partial charge in [0.15, 0.2) is 11.0 Å². The van der Waals surface area contributed by atoms with Gasteiger partial charge in [0, 0.05) is 22.8 Å². The molecule has 0 aliphatic rings. The first kappa shape index (κ1) is 18.6. The number of thiazole rings is 1. The summed E-state index contributed by atoms with van der Waals surface area (Å²) in [6.07, 6.45) is 0. The number of fused-ring (bicyclic) bond motifs is 1. The van der Waals surface area contributed by atoms with Gasteiger partial charge in [-0.25, -0.2) is 0 Å². The number of halogens is 2. The normalized spacial score (nSPS) is 11.4. The molecule has 2 aromatic heterocycles. The first-order valence-corrected chi connectivity index (χ1v) is 10.6. The van der Waals surface area contributed by atoms with Gasteiger partial charge < -0.3 is 4.57 Å². The first-order chi connectivity index (χ1) is 13.0. The van der Waals surface area contributed by atoms with Crippen molar-refractivity contribution in [1.29, 1.82) is 0 Å². The van der Waals surface area contributed by atoms with Crippen LogP contribution in [0.15, 0.2) is 52.4 Å². The summed E-state index contributed by atoms with van der Waals surface area (Å²) in [6.45, 7) is 0.384. The van der Waals surface area contributed by atoms with Crippen LogP contribution in [0, 0.1) is 0 Å². The van der Waals surface area contributed by atoms with E-state index in [4.69, 9.17) is 23.2 Å². The maximum Gasteiger partial charge on any atom is 0.308 e. The summed E-state index contributed by atoms with van der Waals surface area (Å²) in [4.78, 5) is 12.3. The Bertz CT molecular complexity index is 1180. The number of thioether (sulfide) groups is 1. The second kappa shape index (κ2) is 7.67. The van der Waals surface area contributed by atoms with E-state index in [-0.39, 0.29) is 4.87 Å². The van der Waals surface area contributed by atoms with E-state index in [1.54, 1.807) is 10.6 Å². The third-order valence-corrected chi connectivity index (χ3v) is 6.79. The largest absolute Gasteiger partial charge is 0.308 e. The average molecular weight is 437 g/mol. The minimum Gasteiger partial charge on any atom is -0.308 e. The van der Waals surface area contributed by atoms with Crippen molar-refractivity contribution in [3.05, 3.63) is 73.6 Å². The zero-order chi connectivity index (χ0) is 19.0. The molecule has 0 saturated carbocycles. The van der Waals surface area contributed by atoms with Crippen molar-refractivity contribution in [3.63, 3.8) is 0 Å². The summed E-state index contributed by atoms with van der Waals surface area (Å²) in [7, 11) is 1.90. The summed E-state index contributed by atoms with van der Waals surface area (Å²) >= 11 is 14.9. The van der Waals surface area contributed by atoms with Crippen molar-refractivity contribution in [3.8, 4) is 0 Å².